The third kappa shape index (κ3) is 4.84. The van der Waals surface area contributed by atoms with Gasteiger partial charge in [-0.25, -0.2) is 8.42 Å². The minimum atomic E-state index is -3.40. The van der Waals surface area contributed by atoms with Gasteiger partial charge in [0.15, 0.2) is 9.84 Å². The average molecular weight is 327 g/mol. The molecule has 22 heavy (non-hydrogen) atoms. The minimum Gasteiger partial charge on any atom is -0.481 e. The van der Waals surface area contributed by atoms with Crippen LogP contribution in [0.3, 0.4) is 0 Å². The van der Waals surface area contributed by atoms with E-state index in [0.29, 0.717) is 18.4 Å². The number of aryl methyl sites for hydroxylation is 1. The number of carbonyl (C=O) groups is 2. The maximum Gasteiger partial charge on any atom is 0.308 e. The molecule has 1 amide bonds. The van der Waals surface area contributed by atoms with E-state index in [1.807, 2.05) is 6.92 Å². The van der Waals surface area contributed by atoms with Crippen molar-refractivity contribution in [3.05, 3.63) is 29.3 Å². The predicted molar refractivity (Wildman–Crippen MR) is 82.7 cm³/mol. The maximum atomic E-state index is 12.2. The number of rotatable bonds is 7. The molecule has 0 fully saturated rings. The van der Waals surface area contributed by atoms with Gasteiger partial charge in [0.25, 0.3) is 5.91 Å². The lowest BCUT2D eigenvalue weighted by Crippen LogP contribution is -2.33. The second kappa shape index (κ2) is 7.40. The summed E-state index contributed by atoms with van der Waals surface area (Å²) in [5, 5.41) is 11.6. The van der Waals surface area contributed by atoms with Crippen molar-refractivity contribution in [1.82, 2.24) is 5.32 Å². The largest absolute Gasteiger partial charge is 0.481 e. The second-order valence-corrected chi connectivity index (χ2v) is 7.30. The molecule has 7 heteroatoms. The summed E-state index contributed by atoms with van der Waals surface area (Å²) < 4.78 is 23.1. The average Bonchev–Trinajstić information content (AvgIpc) is 2.41. The number of hydrogen-bond donors (Lipinski definition) is 2. The van der Waals surface area contributed by atoms with Gasteiger partial charge in [0.1, 0.15) is 0 Å². The van der Waals surface area contributed by atoms with Crippen LogP contribution in [0.4, 0.5) is 0 Å². The molecular weight excluding hydrogens is 306 g/mol. The molecule has 0 saturated heterocycles. The van der Waals surface area contributed by atoms with E-state index in [1.54, 1.807) is 13.0 Å². The molecule has 0 aliphatic carbocycles. The summed E-state index contributed by atoms with van der Waals surface area (Å²) in [5.41, 5.74) is 0.871. The van der Waals surface area contributed by atoms with Crippen LogP contribution >= 0.6 is 0 Å². The lowest BCUT2D eigenvalue weighted by molar-refractivity contribution is -0.141. The summed E-state index contributed by atoms with van der Waals surface area (Å²) in [4.78, 5) is 23.3. The van der Waals surface area contributed by atoms with Crippen LogP contribution in [0, 0.1) is 12.8 Å². The van der Waals surface area contributed by atoms with Crippen LogP contribution in [0.25, 0.3) is 0 Å². The van der Waals surface area contributed by atoms with Crippen LogP contribution in [0.15, 0.2) is 23.1 Å². The highest BCUT2D eigenvalue weighted by atomic mass is 32.2. The molecule has 1 unspecified atom stereocenters. The lowest BCUT2D eigenvalue weighted by atomic mass is 10.0. The third-order valence-electron chi connectivity index (χ3n) is 3.38. The SMILES string of the molecule is CCCC(CNC(=O)c1cc(S(C)(=O)=O)ccc1C)C(=O)O. The molecule has 0 radical (unpaired) electrons. The number of amides is 1. The van der Waals surface area contributed by atoms with Crippen LogP contribution in [0.2, 0.25) is 0 Å². The summed E-state index contributed by atoms with van der Waals surface area (Å²) >= 11 is 0. The Morgan fingerprint density at radius 1 is 1.32 bits per heavy atom. The predicted octanol–water partition coefficient (Wildman–Crippen LogP) is 1.63. The Labute approximate surface area is 130 Å². The summed E-state index contributed by atoms with van der Waals surface area (Å²) in [6.07, 6.45) is 2.24. The topological polar surface area (TPSA) is 101 Å². The zero-order chi connectivity index (χ0) is 16.9. The van der Waals surface area contributed by atoms with Crippen LogP contribution in [0.1, 0.15) is 35.7 Å². The molecule has 0 aliphatic heterocycles. The zero-order valence-electron chi connectivity index (χ0n) is 12.9. The van der Waals surface area contributed by atoms with Crippen LogP contribution in [0.5, 0.6) is 0 Å². The van der Waals surface area contributed by atoms with Gasteiger partial charge in [0.2, 0.25) is 0 Å². The number of nitrogens with one attached hydrogen (secondary N) is 1. The van der Waals surface area contributed by atoms with Crippen molar-refractivity contribution in [3.63, 3.8) is 0 Å². The van der Waals surface area contributed by atoms with E-state index in [9.17, 15) is 18.0 Å². The zero-order valence-corrected chi connectivity index (χ0v) is 13.7. The second-order valence-electron chi connectivity index (χ2n) is 5.28. The maximum absolute atomic E-state index is 12.2. The fraction of sp³-hybridized carbons (Fsp3) is 0.467. The number of benzene rings is 1. The molecule has 1 aromatic carbocycles. The van der Waals surface area contributed by atoms with E-state index in [2.05, 4.69) is 5.32 Å². The molecule has 1 aromatic rings. The van der Waals surface area contributed by atoms with E-state index in [1.165, 1.54) is 12.1 Å². The van der Waals surface area contributed by atoms with Crippen LogP contribution < -0.4 is 5.32 Å². The molecular formula is C15H21NO5S. The monoisotopic (exact) mass is 327 g/mol. The van der Waals surface area contributed by atoms with Crippen molar-refractivity contribution < 1.29 is 23.1 Å². The standard InChI is InChI=1S/C15H21NO5S/c1-4-5-11(15(18)19)9-16-14(17)13-8-12(22(3,20)21)7-6-10(13)2/h6-8,11H,4-5,9H2,1-3H3,(H,16,17)(H,18,19). The fourth-order valence-corrected chi connectivity index (χ4v) is 2.70. The van der Waals surface area contributed by atoms with Gasteiger partial charge in [0.05, 0.1) is 10.8 Å². The van der Waals surface area contributed by atoms with Gasteiger partial charge in [-0.05, 0) is 31.0 Å². The van der Waals surface area contributed by atoms with Crippen molar-refractivity contribution in [2.24, 2.45) is 5.92 Å². The Kier molecular flexibility index (Phi) is 6.11. The summed E-state index contributed by atoms with van der Waals surface area (Å²) in [5.74, 6) is -2.07. The first-order valence-electron chi connectivity index (χ1n) is 6.98. The van der Waals surface area contributed by atoms with Crippen molar-refractivity contribution in [2.75, 3.05) is 12.8 Å². The Bertz CT molecular complexity index is 667. The van der Waals surface area contributed by atoms with E-state index >= 15 is 0 Å². The van der Waals surface area contributed by atoms with Crippen molar-refractivity contribution in [1.29, 1.82) is 0 Å². The number of sulfone groups is 1. The number of carboxylic acids is 1. The van der Waals surface area contributed by atoms with Gasteiger partial charge in [-0.15, -0.1) is 0 Å². The Morgan fingerprint density at radius 3 is 2.45 bits per heavy atom. The molecule has 2 N–H and O–H groups in total. The van der Waals surface area contributed by atoms with Gasteiger partial charge >= 0.3 is 5.97 Å². The molecule has 6 nitrogen and oxygen atoms in total. The Balaban J connectivity index is 2.92. The smallest absolute Gasteiger partial charge is 0.308 e. The third-order valence-corrected chi connectivity index (χ3v) is 4.49. The van der Waals surface area contributed by atoms with Gasteiger partial charge in [0, 0.05) is 18.4 Å². The molecule has 0 saturated carbocycles. The molecule has 122 valence electrons. The first kappa shape index (κ1) is 18.2. The molecule has 0 bridgehead atoms. The van der Waals surface area contributed by atoms with Crippen LogP contribution in [-0.4, -0.2) is 38.2 Å². The summed E-state index contributed by atoms with van der Waals surface area (Å²) in [6.45, 7) is 3.59. The number of carboxylic acid groups (broad SMARTS) is 1. The minimum absolute atomic E-state index is 0.0184. The highest BCUT2D eigenvalue weighted by Gasteiger charge is 2.19. The van der Waals surface area contributed by atoms with E-state index in [-0.39, 0.29) is 17.0 Å². The quantitative estimate of drug-likeness (QED) is 0.793. The van der Waals surface area contributed by atoms with Gasteiger partial charge in [-0.1, -0.05) is 19.4 Å². The van der Waals surface area contributed by atoms with E-state index in [0.717, 1.165) is 6.26 Å². The first-order chi connectivity index (χ1) is 10.2. The van der Waals surface area contributed by atoms with Gasteiger partial charge < -0.3 is 10.4 Å². The first-order valence-corrected chi connectivity index (χ1v) is 8.87. The molecule has 0 spiro atoms. The molecule has 1 atom stereocenters. The number of aliphatic carboxylic acids is 1. The Morgan fingerprint density at radius 2 is 1.95 bits per heavy atom. The van der Waals surface area contributed by atoms with E-state index < -0.39 is 27.6 Å². The van der Waals surface area contributed by atoms with Gasteiger partial charge in [-0.2, -0.15) is 0 Å². The number of hydrogen-bond acceptors (Lipinski definition) is 4. The highest BCUT2D eigenvalue weighted by molar-refractivity contribution is 7.90. The lowest BCUT2D eigenvalue weighted by Gasteiger charge is -2.13. The fourth-order valence-electron chi connectivity index (χ4n) is 2.05. The molecule has 0 aliphatic rings. The van der Waals surface area contributed by atoms with Crippen LogP contribution in [-0.2, 0) is 14.6 Å². The van der Waals surface area contributed by atoms with Crippen molar-refractivity contribution >= 4 is 21.7 Å². The summed E-state index contributed by atoms with van der Waals surface area (Å²) in [6, 6.07) is 4.32. The highest BCUT2D eigenvalue weighted by Crippen LogP contribution is 2.16. The summed E-state index contributed by atoms with van der Waals surface area (Å²) in [7, 11) is -3.40. The number of carbonyl (C=O) groups excluding carboxylic acids is 1. The Hall–Kier alpha value is -1.89. The van der Waals surface area contributed by atoms with Crippen molar-refractivity contribution in [2.45, 2.75) is 31.6 Å². The normalized spacial score (nSPS) is 12.7. The molecule has 0 aromatic heterocycles. The molecule has 1 rings (SSSR count). The van der Waals surface area contributed by atoms with E-state index in [4.69, 9.17) is 5.11 Å². The van der Waals surface area contributed by atoms with Crippen molar-refractivity contribution in [3.8, 4) is 0 Å². The van der Waals surface area contributed by atoms with Gasteiger partial charge in [-0.3, -0.25) is 9.59 Å². The molecule has 0 heterocycles.